The van der Waals surface area contributed by atoms with Crippen LogP contribution in [-0.2, 0) is 22.5 Å². The number of benzene rings is 2. The third-order valence-electron chi connectivity index (χ3n) is 9.21. The van der Waals surface area contributed by atoms with Crippen LogP contribution in [-0.4, -0.2) is 61.5 Å². The van der Waals surface area contributed by atoms with Crippen LogP contribution in [0.15, 0.2) is 48.5 Å². The van der Waals surface area contributed by atoms with Crippen LogP contribution in [0.25, 0.3) is 16.8 Å². The molecule has 6 rings (SSSR count). The number of aromatic nitrogens is 5. The molecule has 10 nitrogen and oxygen atoms in total. The molecule has 1 fully saturated rings. The van der Waals surface area contributed by atoms with Crippen LogP contribution >= 0.6 is 0 Å². The molecule has 2 aliphatic rings. The van der Waals surface area contributed by atoms with Gasteiger partial charge in [-0.1, -0.05) is 55.3 Å². The third kappa shape index (κ3) is 6.35. The lowest BCUT2D eigenvalue weighted by molar-refractivity contribution is -0.160. The maximum absolute atomic E-state index is 12.8. The molecule has 4 heterocycles. The van der Waals surface area contributed by atoms with Gasteiger partial charge in [0.25, 0.3) is 5.95 Å². The number of aliphatic carboxylic acids is 1. The molecule has 0 saturated carbocycles. The summed E-state index contributed by atoms with van der Waals surface area (Å²) in [5.41, 5.74) is 8.20. The molecule has 1 saturated heterocycles. The van der Waals surface area contributed by atoms with Crippen molar-refractivity contribution >= 4 is 17.6 Å². The monoisotopic (exact) mass is 623 g/mol. The number of nitrogens with zero attached hydrogens (tertiary/aromatic N) is 7. The van der Waals surface area contributed by atoms with Crippen molar-refractivity contribution in [3.8, 4) is 16.8 Å². The van der Waals surface area contributed by atoms with Gasteiger partial charge < -0.3 is 19.6 Å². The first kappa shape index (κ1) is 31.7. The summed E-state index contributed by atoms with van der Waals surface area (Å²) in [7, 11) is 0. The number of aryl methyl sites for hydroxylation is 2. The summed E-state index contributed by atoms with van der Waals surface area (Å²) >= 11 is 0. The number of carboxylic acids is 1. The first-order valence-corrected chi connectivity index (χ1v) is 16.2. The zero-order valence-electron chi connectivity index (χ0n) is 28.0. The number of piperidine rings is 1. The predicted molar refractivity (Wildman–Crippen MR) is 179 cm³/mol. The number of carboxylic acid groups (broad SMARTS) is 1. The molecule has 1 unspecified atom stereocenters. The Labute approximate surface area is 271 Å². The molecule has 242 valence electrons. The fraction of sp³-hybridized carbons (Fsp3) is 0.472. The molecule has 2 aromatic carbocycles. The van der Waals surface area contributed by atoms with E-state index in [1.807, 2.05) is 65.0 Å². The summed E-state index contributed by atoms with van der Waals surface area (Å²) in [4.78, 5) is 22.4. The van der Waals surface area contributed by atoms with E-state index in [-0.39, 0.29) is 5.41 Å². The minimum absolute atomic E-state index is 0.236. The van der Waals surface area contributed by atoms with Crippen molar-refractivity contribution in [2.45, 2.75) is 86.0 Å². The maximum atomic E-state index is 12.8. The molecule has 2 aliphatic heterocycles. The van der Waals surface area contributed by atoms with Crippen LogP contribution in [0.5, 0.6) is 0 Å². The molecule has 0 spiro atoms. The normalized spacial score (nSPS) is 17.1. The van der Waals surface area contributed by atoms with E-state index in [4.69, 9.17) is 9.72 Å². The molecule has 2 aromatic heterocycles. The average molecular weight is 624 g/mol. The Hall–Kier alpha value is -4.31. The molecule has 0 amide bonds. The number of pyridine rings is 1. The minimum atomic E-state index is -1.14. The predicted octanol–water partition coefficient (Wildman–Crippen LogP) is 6.47. The fourth-order valence-electron chi connectivity index (χ4n) is 6.75. The van der Waals surface area contributed by atoms with Crippen molar-refractivity contribution in [3.63, 3.8) is 0 Å². The molecule has 46 heavy (non-hydrogen) atoms. The van der Waals surface area contributed by atoms with Crippen LogP contribution < -0.4 is 9.80 Å². The Balaban J connectivity index is 1.42. The maximum Gasteiger partial charge on any atom is 0.337 e. The summed E-state index contributed by atoms with van der Waals surface area (Å²) in [6.07, 6.45) is 1.73. The van der Waals surface area contributed by atoms with Gasteiger partial charge in [-0.3, -0.25) is 4.98 Å². The smallest absolute Gasteiger partial charge is 0.337 e. The van der Waals surface area contributed by atoms with Crippen molar-refractivity contribution in [3.05, 3.63) is 76.6 Å². The molecule has 10 heteroatoms. The van der Waals surface area contributed by atoms with E-state index in [1.54, 1.807) is 4.68 Å². The van der Waals surface area contributed by atoms with Crippen LogP contribution in [0.2, 0.25) is 0 Å². The van der Waals surface area contributed by atoms with Crippen molar-refractivity contribution < 1.29 is 14.6 Å². The molecular weight excluding hydrogens is 578 g/mol. The summed E-state index contributed by atoms with van der Waals surface area (Å²) in [6.45, 7) is 17.4. The van der Waals surface area contributed by atoms with Gasteiger partial charge in [0, 0.05) is 48.7 Å². The second-order valence-corrected chi connectivity index (χ2v) is 14.4. The van der Waals surface area contributed by atoms with Crippen molar-refractivity contribution in [1.82, 2.24) is 25.2 Å². The lowest BCUT2D eigenvalue weighted by Crippen LogP contribution is -2.39. The first-order valence-electron chi connectivity index (χ1n) is 16.2. The Morgan fingerprint density at radius 3 is 2.35 bits per heavy atom. The van der Waals surface area contributed by atoms with Gasteiger partial charge in [0.15, 0.2) is 6.10 Å². The quantitative estimate of drug-likeness (QED) is 0.248. The molecule has 4 aromatic rings. The minimum Gasteiger partial charge on any atom is -0.479 e. The highest BCUT2D eigenvalue weighted by atomic mass is 16.5. The summed E-state index contributed by atoms with van der Waals surface area (Å²) in [5.74, 6) is -0.283. The first-order chi connectivity index (χ1) is 21.8. The van der Waals surface area contributed by atoms with Gasteiger partial charge in [0.1, 0.15) is 0 Å². The zero-order chi connectivity index (χ0) is 32.8. The highest BCUT2D eigenvalue weighted by Gasteiger charge is 2.36. The lowest BCUT2D eigenvalue weighted by Gasteiger charge is -2.41. The second-order valence-electron chi connectivity index (χ2n) is 14.4. The number of para-hydroxylation sites is 1. The van der Waals surface area contributed by atoms with Crippen LogP contribution in [0, 0.1) is 19.3 Å². The SMILES string of the molecule is Cc1nc(C)c(C(OC(C)(C)C)C(=O)O)c(N2CCC(C)(C)CC2)c1-c1ccc2c(c1)CCN(c1nnnn1-c1ccccc1)C2. The van der Waals surface area contributed by atoms with Gasteiger partial charge >= 0.3 is 5.97 Å². The van der Waals surface area contributed by atoms with Crippen molar-refractivity contribution in [2.75, 3.05) is 29.4 Å². The van der Waals surface area contributed by atoms with Gasteiger partial charge in [-0.15, -0.1) is 0 Å². The van der Waals surface area contributed by atoms with E-state index in [9.17, 15) is 9.90 Å². The van der Waals surface area contributed by atoms with Crippen molar-refractivity contribution in [2.24, 2.45) is 5.41 Å². The number of hydrogen-bond donors (Lipinski definition) is 1. The Bertz CT molecular complexity index is 1730. The standard InChI is InChI=1S/C36H45N7O3/c1-23-29(31(41-19-16-36(6,7)17-20-41)30(24(2)37-23)32(33(44)45)46-35(3,4)5)26-13-14-27-22-42(18-15-25(27)21-26)34-38-39-40-43(34)28-11-9-8-10-12-28/h8-14,21,32H,15-20,22H2,1-7H3,(H,44,45). The van der Waals surface area contributed by atoms with Gasteiger partial charge in [-0.05, 0) is 98.5 Å². The van der Waals surface area contributed by atoms with Gasteiger partial charge in [0.2, 0.25) is 0 Å². The van der Waals surface area contributed by atoms with Gasteiger partial charge in [-0.2, -0.15) is 4.68 Å². The number of fused-ring (bicyclic) bond motifs is 1. The molecule has 1 N–H and O–H groups in total. The van der Waals surface area contributed by atoms with Crippen molar-refractivity contribution in [1.29, 1.82) is 0 Å². The van der Waals surface area contributed by atoms with E-state index in [0.717, 1.165) is 73.0 Å². The number of ether oxygens (including phenoxy) is 1. The summed E-state index contributed by atoms with van der Waals surface area (Å²) < 4.78 is 8.04. The van der Waals surface area contributed by atoms with Crippen LogP contribution in [0.4, 0.5) is 11.6 Å². The molecule has 0 bridgehead atoms. The fourth-order valence-corrected chi connectivity index (χ4v) is 6.75. The van der Waals surface area contributed by atoms with Gasteiger partial charge in [-0.25, -0.2) is 4.79 Å². The largest absolute Gasteiger partial charge is 0.479 e. The number of hydrogen-bond acceptors (Lipinski definition) is 8. The van der Waals surface area contributed by atoms with E-state index in [1.165, 1.54) is 11.1 Å². The molecular formula is C36H45N7O3. The Morgan fingerprint density at radius 2 is 1.67 bits per heavy atom. The zero-order valence-corrected chi connectivity index (χ0v) is 28.0. The van der Waals surface area contributed by atoms with E-state index in [0.29, 0.717) is 17.8 Å². The average Bonchev–Trinajstić information content (AvgIpc) is 3.50. The molecule has 0 aliphatic carbocycles. The second kappa shape index (κ2) is 12.1. The molecule has 1 atom stereocenters. The highest BCUT2D eigenvalue weighted by molar-refractivity contribution is 5.88. The van der Waals surface area contributed by atoms with E-state index in [2.05, 4.69) is 57.4 Å². The number of rotatable bonds is 7. The number of anilines is 2. The summed E-state index contributed by atoms with van der Waals surface area (Å²) in [6, 6.07) is 16.6. The molecule has 0 radical (unpaired) electrons. The van der Waals surface area contributed by atoms with E-state index < -0.39 is 17.7 Å². The third-order valence-corrected chi connectivity index (χ3v) is 9.21. The number of carbonyl (C=O) groups is 1. The highest BCUT2D eigenvalue weighted by Crippen LogP contribution is 2.45. The van der Waals surface area contributed by atoms with Crippen LogP contribution in [0.3, 0.4) is 0 Å². The Morgan fingerprint density at radius 1 is 0.957 bits per heavy atom. The lowest BCUT2D eigenvalue weighted by atomic mass is 9.81. The topological polar surface area (TPSA) is 110 Å². The van der Waals surface area contributed by atoms with Gasteiger partial charge in [0.05, 0.1) is 17.0 Å². The summed E-state index contributed by atoms with van der Waals surface area (Å²) in [5, 5.41) is 23.1. The van der Waals surface area contributed by atoms with Crippen LogP contribution in [0.1, 0.15) is 81.6 Å². The van der Waals surface area contributed by atoms with E-state index >= 15 is 0 Å². The number of tetrazole rings is 1. The Kier molecular flexibility index (Phi) is 8.35.